The van der Waals surface area contributed by atoms with Gasteiger partial charge in [0, 0.05) is 23.6 Å². The van der Waals surface area contributed by atoms with Gasteiger partial charge >= 0.3 is 0 Å². The van der Waals surface area contributed by atoms with Crippen molar-refractivity contribution in [2.45, 2.75) is 19.0 Å². The van der Waals surface area contributed by atoms with Crippen LogP contribution >= 0.6 is 11.8 Å². The predicted octanol–water partition coefficient (Wildman–Crippen LogP) is 2.27. The van der Waals surface area contributed by atoms with E-state index in [1.54, 1.807) is 31.6 Å². The van der Waals surface area contributed by atoms with Crippen molar-refractivity contribution in [1.82, 2.24) is 19.9 Å². The molecule has 30 heavy (non-hydrogen) atoms. The molecule has 0 fully saturated rings. The van der Waals surface area contributed by atoms with Gasteiger partial charge < -0.3 is 15.9 Å². The molecule has 1 aromatic carbocycles. The van der Waals surface area contributed by atoms with E-state index in [2.05, 4.69) is 31.0 Å². The molecule has 0 radical (unpaired) electrons. The van der Waals surface area contributed by atoms with Crippen molar-refractivity contribution < 1.29 is 9.53 Å². The number of nitrogens with two attached hydrogens (primary N) is 1. The van der Waals surface area contributed by atoms with Crippen LogP contribution in [0.1, 0.15) is 18.1 Å². The minimum Gasteiger partial charge on any atom is -0.497 e. The number of rotatable bonds is 8. The number of pyridine rings is 1. The average Bonchev–Trinajstić information content (AvgIpc) is 3.12. The molecule has 0 atom stereocenters. The fraction of sp³-hybridized carbons (Fsp3) is 0.211. The van der Waals surface area contributed by atoms with Crippen LogP contribution in [0.2, 0.25) is 0 Å². The van der Waals surface area contributed by atoms with Crippen LogP contribution in [0, 0.1) is 6.92 Å². The first-order chi connectivity index (χ1) is 14.5. The number of nitrogens with one attached hydrogen (secondary N) is 2. The molecule has 11 heteroatoms. The highest BCUT2D eigenvalue weighted by Gasteiger charge is 2.13. The molecule has 2 heterocycles. The highest BCUT2D eigenvalue weighted by atomic mass is 32.2. The van der Waals surface area contributed by atoms with E-state index in [0.29, 0.717) is 5.16 Å². The zero-order valence-corrected chi connectivity index (χ0v) is 17.6. The zero-order chi connectivity index (χ0) is 21.5. The summed E-state index contributed by atoms with van der Waals surface area (Å²) in [6, 6.07) is 9.13. The lowest BCUT2D eigenvalue weighted by molar-refractivity contribution is -0.113. The van der Waals surface area contributed by atoms with Gasteiger partial charge in [0.1, 0.15) is 5.75 Å². The van der Waals surface area contributed by atoms with E-state index < -0.39 is 0 Å². The number of aromatic nitrogens is 4. The van der Waals surface area contributed by atoms with Crippen LogP contribution in [0.3, 0.4) is 0 Å². The second-order valence-corrected chi connectivity index (χ2v) is 7.18. The van der Waals surface area contributed by atoms with Crippen molar-refractivity contribution in [2.24, 2.45) is 5.10 Å². The normalized spacial score (nSPS) is 11.2. The molecule has 2 aromatic heterocycles. The molecule has 0 spiro atoms. The van der Waals surface area contributed by atoms with E-state index >= 15 is 0 Å². The summed E-state index contributed by atoms with van der Waals surface area (Å²) in [5.74, 6) is 6.94. The van der Waals surface area contributed by atoms with Crippen LogP contribution in [0.5, 0.6) is 5.75 Å². The van der Waals surface area contributed by atoms with Gasteiger partial charge in [-0.3, -0.25) is 9.78 Å². The summed E-state index contributed by atoms with van der Waals surface area (Å²) < 4.78 is 6.42. The number of anilines is 2. The van der Waals surface area contributed by atoms with Gasteiger partial charge in [-0.15, -0.1) is 10.2 Å². The number of hydrogen-bond acceptors (Lipinski definition) is 9. The third kappa shape index (κ3) is 5.26. The Morgan fingerprint density at radius 1 is 1.27 bits per heavy atom. The Morgan fingerprint density at radius 2 is 2.03 bits per heavy atom. The number of nitrogen functional groups attached to an aromatic ring is 1. The second-order valence-electron chi connectivity index (χ2n) is 6.24. The van der Waals surface area contributed by atoms with Crippen molar-refractivity contribution in [3.63, 3.8) is 0 Å². The molecule has 0 saturated heterocycles. The molecule has 0 unspecified atom stereocenters. The lowest BCUT2D eigenvalue weighted by Gasteiger charge is -2.09. The van der Waals surface area contributed by atoms with Gasteiger partial charge in [0.25, 0.3) is 5.95 Å². The molecule has 10 nitrogen and oxygen atoms in total. The number of thioether (sulfide) groups is 1. The lowest BCUT2D eigenvalue weighted by Crippen LogP contribution is -2.17. The Hall–Kier alpha value is -3.60. The number of carbonyl (C=O) groups is 1. The first kappa shape index (κ1) is 21.1. The number of hydrazone groups is 1. The Kier molecular flexibility index (Phi) is 6.86. The molecule has 4 N–H and O–H groups in total. The maximum absolute atomic E-state index is 12.3. The Morgan fingerprint density at radius 3 is 2.73 bits per heavy atom. The van der Waals surface area contributed by atoms with Crippen molar-refractivity contribution in [3.8, 4) is 5.75 Å². The fourth-order valence-corrected chi connectivity index (χ4v) is 3.12. The smallest absolute Gasteiger partial charge is 0.264 e. The van der Waals surface area contributed by atoms with Crippen molar-refractivity contribution >= 4 is 35.0 Å². The number of ether oxygens (including phenoxy) is 1. The Bertz CT molecular complexity index is 1050. The number of aryl methyl sites for hydroxylation is 1. The monoisotopic (exact) mass is 426 g/mol. The highest BCUT2D eigenvalue weighted by Crippen LogP contribution is 2.22. The maximum atomic E-state index is 12.3. The van der Waals surface area contributed by atoms with E-state index in [0.717, 1.165) is 28.3 Å². The van der Waals surface area contributed by atoms with Crippen molar-refractivity contribution in [3.05, 3.63) is 53.9 Å². The molecular formula is C19H22N8O2S. The van der Waals surface area contributed by atoms with Gasteiger partial charge in [-0.05, 0) is 49.7 Å². The molecule has 0 saturated carbocycles. The van der Waals surface area contributed by atoms with Crippen LogP contribution in [0.15, 0.2) is 53.0 Å². The van der Waals surface area contributed by atoms with Crippen molar-refractivity contribution in [1.29, 1.82) is 0 Å². The summed E-state index contributed by atoms with van der Waals surface area (Å²) >= 11 is 1.17. The number of hydrogen-bond donors (Lipinski definition) is 3. The van der Waals surface area contributed by atoms with Gasteiger partial charge in [0.15, 0.2) is 0 Å². The molecule has 3 aromatic rings. The number of methoxy groups -OCH3 is 1. The molecule has 0 aliphatic carbocycles. The van der Waals surface area contributed by atoms with E-state index in [9.17, 15) is 4.79 Å². The Labute approximate surface area is 177 Å². The lowest BCUT2D eigenvalue weighted by atomic mass is 10.2. The van der Waals surface area contributed by atoms with E-state index in [4.69, 9.17) is 10.6 Å². The van der Waals surface area contributed by atoms with Gasteiger partial charge in [-0.25, -0.2) is 10.1 Å². The molecule has 0 bridgehead atoms. The summed E-state index contributed by atoms with van der Waals surface area (Å²) in [7, 11) is 1.60. The van der Waals surface area contributed by atoms with Gasteiger partial charge in [-0.2, -0.15) is 5.10 Å². The topological polar surface area (TPSA) is 132 Å². The van der Waals surface area contributed by atoms with Crippen LogP contribution in [0.25, 0.3) is 0 Å². The predicted molar refractivity (Wildman–Crippen MR) is 117 cm³/mol. The molecule has 1 amide bonds. The van der Waals surface area contributed by atoms with Crippen LogP contribution < -0.4 is 21.3 Å². The van der Waals surface area contributed by atoms with Gasteiger partial charge in [0.2, 0.25) is 11.1 Å². The minimum absolute atomic E-state index is 0.125. The molecule has 0 aliphatic rings. The standard InChI is InChI=1S/C19H22N8O2S/c1-12-10-15(29-3)4-5-16(12)22-17(28)11-30-19-26-25-18(27(19)20)24-23-13(2)14-6-8-21-9-7-14/h4-10H,11,20H2,1-3H3,(H,22,28)(H,24,25)/b23-13+. The quantitative estimate of drug-likeness (QED) is 0.216. The Balaban J connectivity index is 1.56. The van der Waals surface area contributed by atoms with Gasteiger partial charge in [0.05, 0.1) is 18.6 Å². The van der Waals surface area contributed by atoms with Gasteiger partial charge in [-0.1, -0.05) is 11.8 Å². The van der Waals surface area contributed by atoms with Crippen molar-refractivity contribution in [2.75, 3.05) is 29.4 Å². The average molecular weight is 427 g/mol. The second kappa shape index (κ2) is 9.74. The minimum atomic E-state index is -0.183. The first-order valence-electron chi connectivity index (χ1n) is 8.96. The highest BCUT2D eigenvalue weighted by molar-refractivity contribution is 7.99. The summed E-state index contributed by atoms with van der Waals surface area (Å²) in [6.45, 7) is 3.74. The number of amides is 1. The number of nitrogens with zero attached hydrogens (tertiary/aromatic N) is 5. The third-order valence-corrected chi connectivity index (χ3v) is 5.07. The van der Waals surface area contributed by atoms with E-state index in [1.807, 2.05) is 32.0 Å². The maximum Gasteiger partial charge on any atom is 0.264 e. The molecular weight excluding hydrogens is 404 g/mol. The van der Waals surface area contributed by atoms with Crippen LogP contribution in [-0.2, 0) is 4.79 Å². The fourth-order valence-electron chi connectivity index (χ4n) is 2.46. The summed E-state index contributed by atoms with van der Waals surface area (Å²) in [5, 5.41) is 15.5. The zero-order valence-electron chi connectivity index (χ0n) is 16.8. The molecule has 3 rings (SSSR count). The van der Waals surface area contributed by atoms with E-state index in [-0.39, 0.29) is 17.6 Å². The van der Waals surface area contributed by atoms with E-state index in [1.165, 1.54) is 16.4 Å². The largest absolute Gasteiger partial charge is 0.497 e. The number of carbonyl (C=O) groups excluding carboxylic acids is 1. The summed E-state index contributed by atoms with van der Waals surface area (Å²) in [5.41, 5.74) is 6.07. The van der Waals surface area contributed by atoms with Crippen LogP contribution in [-0.4, -0.2) is 44.3 Å². The number of benzene rings is 1. The molecule has 156 valence electrons. The SMILES string of the molecule is COc1ccc(NC(=O)CSc2nnc(N/N=C(\C)c3ccncc3)n2N)c(C)c1. The third-order valence-electron chi connectivity index (χ3n) is 4.13. The first-order valence-corrected chi connectivity index (χ1v) is 9.95. The van der Waals surface area contributed by atoms with Crippen LogP contribution in [0.4, 0.5) is 11.6 Å². The summed E-state index contributed by atoms with van der Waals surface area (Å²) in [4.78, 5) is 16.3. The molecule has 0 aliphatic heterocycles. The summed E-state index contributed by atoms with van der Waals surface area (Å²) in [6.07, 6.45) is 3.38.